The van der Waals surface area contributed by atoms with Crippen LogP contribution in [0.25, 0.3) is 0 Å². The van der Waals surface area contributed by atoms with Crippen LogP contribution in [0.3, 0.4) is 0 Å². The number of esters is 1. The molecule has 1 aliphatic rings. The highest BCUT2D eigenvalue weighted by atomic mass is 16.5. The molecule has 0 bridgehead atoms. The van der Waals surface area contributed by atoms with Crippen LogP contribution >= 0.6 is 0 Å². The molecule has 0 spiro atoms. The molecule has 0 aliphatic heterocycles. The van der Waals surface area contributed by atoms with Crippen LogP contribution in [-0.2, 0) is 9.53 Å². The van der Waals surface area contributed by atoms with Crippen LogP contribution in [0.5, 0.6) is 0 Å². The maximum atomic E-state index is 10.7. The fourth-order valence-corrected chi connectivity index (χ4v) is 0.701. The Labute approximate surface area is 54.5 Å². The van der Waals surface area contributed by atoms with Crippen molar-refractivity contribution in [3.05, 3.63) is 11.6 Å². The number of rotatable bonds is 2. The van der Waals surface area contributed by atoms with Gasteiger partial charge in [-0.1, -0.05) is 11.6 Å². The van der Waals surface area contributed by atoms with Crippen molar-refractivity contribution in [1.82, 2.24) is 0 Å². The Hall–Kier alpha value is -0.790. The molecule has 0 unspecified atom stereocenters. The summed E-state index contributed by atoms with van der Waals surface area (Å²) in [7, 11) is 0. The molecule has 0 aromatic carbocycles. The largest absolute Gasteiger partial charge is 0.465 e. The quantitative estimate of drug-likeness (QED) is 0.409. The Kier molecular flexibility index (Phi) is 1.56. The first-order valence-corrected chi connectivity index (χ1v) is 3.10. The van der Waals surface area contributed by atoms with Crippen molar-refractivity contribution in [2.24, 2.45) is 5.92 Å². The van der Waals surface area contributed by atoms with E-state index in [0.717, 1.165) is 5.57 Å². The van der Waals surface area contributed by atoms with Gasteiger partial charge in [0.15, 0.2) is 0 Å². The molecule has 0 heterocycles. The number of carbonyl (C=O) groups excluding carboxylic acids is 1. The molecule has 0 aromatic heterocycles. The number of hydrogen-bond donors (Lipinski definition) is 0. The van der Waals surface area contributed by atoms with Gasteiger partial charge in [0.05, 0.1) is 12.5 Å². The second-order valence-electron chi connectivity index (χ2n) is 2.14. The summed E-state index contributed by atoms with van der Waals surface area (Å²) in [4.78, 5) is 10.7. The smallest absolute Gasteiger partial charge is 0.316 e. The molecular weight excluding hydrogens is 116 g/mol. The molecular formula is C7H10O2. The summed E-state index contributed by atoms with van der Waals surface area (Å²) in [5, 5.41) is 0. The maximum Gasteiger partial charge on any atom is 0.316 e. The second-order valence-corrected chi connectivity index (χ2v) is 2.14. The van der Waals surface area contributed by atoms with Crippen molar-refractivity contribution in [3.8, 4) is 0 Å². The van der Waals surface area contributed by atoms with Gasteiger partial charge in [0, 0.05) is 0 Å². The summed E-state index contributed by atoms with van der Waals surface area (Å²) >= 11 is 0. The van der Waals surface area contributed by atoms with E-state index in [-0.39, 0.29) is 11.9 Å². The van der Waals surface area contributed by atoms with Gasteiger partial charge in [-0.25, -0.2) is 0 Å². The average Bonchev–Trinajstić information content (AvgIpc) is 2.47. The van der Waals surface area contributed by atoms with Crippen molar-refractivity contribution in [1.29, 1.82) is 0 Å². The van der Waals surface area contributed by atoms with E-state index in [0.29, 0.717) is 6.61 Å². The average molecular weight is 126 g/mol. The molecule has 50 valence electrons. The summed E-state index contributed by atoms with van der Waals surface area (Å²) in [6.45, 7) is 4.23. The molecule has 0 saturated heterocycles. The van der Waals surface area contributed by atoms with Gasteiger partial charge >= 0.3 is 5.97 Å². The van der Waals surface area contributed by atoms with E-state index in [1.807, 2.05) is 19.9 Å². The molecule has 0 saturated carbocycles. The van der Waals surface area contributed by atoms with Crippen LogP contribution < -0.4 is 0 Å². The zero-order valence-corrected chi connectivity index (χ0v) is 5.68. The minimum Gasteiger partial charge on any atom is -0.465 e. The summed E-state index contributed by atoms with van der Waals surface area (Å²) < 4.78 is 4.75. The fraction of sp³-hybridized carbons (Fsp3) is 0.571. The van der Waals surface area contributed by atoms with Gasteiger partial charge in [-0.2, -0.15) is 0 Å². The predicted molar refractivity (Wildman–Crippen MR) is 33.9 cm³/mol. The van der Waals surface area contributed by atoms with Crippen LogP contribution in [0, 0.1) is 5.92 Å². The third-order valence-corrected chi connectivity index (χ3v) is 1.35. The molecule has 1 atom stereocenters. The third-order valence-electron chi connectivity index (χ3n) is 1.35. The topological polar surface area (TPSA) is 26.3 Å². The summed E-state index contributed by atoms with van der Waals surface area (Å²) in [6.07, 6.45) is 1.90. The van der Waals surface area contributed by atoms with Crippen molar-refractivity contribution in [3.63, 3.8) is 0 Å². The molecule has 0 radical (unpaired) electrons. The minimum atomic E-state index is -0.102. The highest BCUT2D eigenvalue weighted by Gasteiger charge is 2.29. The standard InChI is InChI=1S/C7H10O2/c1-3-9-7(8)6-4-5(6)2/h4,6H,3H2,1-2H3/t6-/m1/s1. The monoisotopic (exact) mass is 126 g/mol. The Morgan fingerprint density at radius 1 is 1.89 bits per heavy atom. The van der Waals surface area contributed by atoms with E-state index in [2.05, 4.69) is 0 Å². The van der Waals surface area contributed by atoms with Gasteiger partial charge in [0.2, 0.25) is 0 Å². The zero-order chi connectivity index (χ0) is 6.85. The maximum absolute atomic E-state index is 10.7. The molecule has 9 heavy (non-hydrogen) atoms. The van der Waals surface area contributed by atoms with E-state index >= 15 is 0 Å². The van der Waals surface area contributed by atoms with Crippen molar-refractivity contribution in [2.75, 3.05) is 6.61 Å². The van der Waals surface area contributed by atoms with Gasteiger partial charge < -0.3 is 4.74 Å². The van der Waals surface area contributed by atoms with Gasteiger partial charge in [-0.15, -0.1) is 0 Å². The van der Waals surface area contributed by atoms with Gasteiger partial charge in [0.25, 0.3) is 0 Å². The first-order valence-electron chi connectivity index (χ1n) is 3.10. The molecule has 0 aromatic rings. The van der Waals surface area contributed by atoms with Crippen molar-refractivity contribution in [2.45, 2.75) is 13.8 Å². The minimum absolute atomic E-state index is 0.0185. The predicted octanol–water partition coefficient (Wildman–Crippen LogP) is 1.13. The van der Waals surface area contributed by atoms with Crippen LogP contribution in [0.4, 0.5) is 0 Å². The highest BCUT2D eigenvalue weighted by molar-refractivity contribution is 5.82. The molecule has 0 fully saturated rings. The van der Waals surface area contributed by atoms with Gasteiger partial charge in [-0.05, 0) is 13.8 Å². The first-order chi connectivity index (χ1) is 4.25. The lowest BCUT2D eigenvalue weighted by molar-refractivity contribution is -0.143. The SMILES string of the molecule is CCOC(=O)[C@@H]1C=C1C. The molecule has 1 aliphatic carbocycles. The number of carbonyl (C=O) groups is 1. The Morgan fingerprint density at radius 3 is 2.78 bits per heavy atom. The molecule has 2 heteroatoms. The lowest BCUT2D eigenvalue weighted by atomic mass is 10.3. The van der Waals surface area contributed by atoms with E-state index in [4.69, 9.17) is 4.74 Å². The normalized spacial score (nSPS) is 22.9. The molecule has 0 amide bonds. The lowest BCUT2D eigenvalue weighted by Crippen LogP contribution is -2.07. The first kappa shape index (κ1) is 6.33. The number of ether oxygens (including phenoxy) is 1. The third kappa shape index (κ3) is 1.31. The van der Waals surface area contributed by atoms with E-state index in [1.165, 1.54) is 0 Å². The number of hydrogen-bond acceptors (Lipinski definition) is 2. The summed E-state index contributed by atoms with van der Waals surface area (Å²) in [5.41, 5.74) is 1.13. The van der Waals surface area contributed by atoms with Gasteiger partial charge in [-0.3, -0.25) is 4.79 Å². The Morgan fingerprint density at radius 2 is 2.44 bits per heavy atom. The fourth-order valence-electron chi connectivity index (χ4n) is 0.701. The van der Waals surface area contributed by atoms with Crippen LogP contribution in [0.1, 0.15) is 13.8 Å². The van der Waals surface area contributed by atoms with E-state index in [9.17, 15) is 4.79 Å². The van der Waals surface area contributed by atoms with Crippen molar-refractivity contribution < 1.29 is 9.53 Å². The second kappa shape index (κ2) is 2.21. The molecule has 2 nitrogen and oxygen atoms in total. The van der Waals surface area contributed by atoms with Crippen LogP contribution in [-0.4, -0.2) is 12.6 Å². The zero-order valence-electron chi connectivity index (χ0n) is 5.68. The highest BCUT2D eigenvalue weighted by Crippen LogP contribution is 2.28. The van der Waals surface area contributed by atoms with E-state index < -0.39 is 0 Å². The van der Waals surface area contributed by atoms with E-state index in [1.54, 1.807) is 0 Å². The van der Waals surface area contributed by atoms with Gasteiger partial charge in [0.1, 0.15) is 0 Å². The summed E-state index contributed by atoms with van der Waals surface area (Å²) in [6, 6.07) is 0. The van der Waals surface area contributed by atoms with Crippen LogP contribution in [0.2, 0.25) is 0 Å². The molecule has 1 rings (SSSR count). The molecule has 0 N–H and O–H groups in total. The van der Waals surface area contributed by atoms with Crippen LogP contribution in [0.15, 0.2) is 11.6 Å². The Bertz CT molecular complexity index is 158. The Balaban J connectivity index is 2.22. The summed E-state index contributed by atoms with van der Waals surface area (Å²) in [5.74, 6) is -0.0834. The van der Waals surface area contributed by atoms with Crippen molar-refractivity contribution >= 4 is 5.97 Å². The lowest BCUT2D eigenvalue weighted by Gasteiger charge is -1.97.